The lowest BCUT2D eigenvalue weighted by molar-refractivity contribution is 0.415. The maximum atomic E-state index is 11.9. The molecule has 3 N–H and O–H groups in total. The van der Waals surface area contributed by atoms with Crippen LogP contribution in [0.15, 0.2) is 24.3 Å². The van der Waals surface area contributed by atoms with Gasteiger partial charge in [0.05, 0.1) is 12.4 Å². The van der Waals surface area contributed by atoms with Gasteiger partial charge in [-0.15, -0.1) is 0 Å². The number of benzene rings is 1. The fourth-order valence-electron chi connectivity index (χ4n) is 1.42. The number of hydrogen-bond donors (Lipinski definition) is 2. The molecular formula is C11H18N2O3S. The van der Waals surface area contributed by atoms with Gasteiger partial charge in [0, 0.05) is 12.2 Å². The second-order valence-corrected chi connectivity index (χ2v) is 5.60. The molecule has 0 bridgehead atoms. The van der Waals surface area contributed by atoms with Crippen molar-refractivity contribution >= 4 is 15.7 Å². The summed E-state index contributed by atoms with van der Waals surface area (Å²) in [5.74, 6) is 0.679. The molecule has 0 aliphatic heterocycles. The van der Waals surface area contributed by atoms with Gasteiger partial charge in [0.25, 0.3) is 0 Å². The Bertz CT molecular complexity index is 438. The molecule has 6 heteroatoms. The van der Waals surface area contributed by atoms with E-state index < -0.39 is 15.3 Å². The molecule has 96 valence electrons. The predicted octanol–water partition coefficient (Wildman–Crippen LogP) is 1.17. The summed E-state index contributed by atoms with van der Waals surface area (Å²) in [4.78, 5) is 0. The molecule has 0 fully saturated rings. The molecule has 0 aliphatic carbocycles. The Balaban J connectivity index is 2.82. The first-order chi connectivity index (χ1) is 8.03. The number of hydrogen-bond acceptors (Lipinski definition) is 4. The highest BCUT2D eigenvalue weighted by Gasteiger charge is 2.21. The average molecular weight is 258 g/mol. The van der Waals surface area contributed by atoms with Gasteiger partial charge in [-0.3, -0.25) is 4.72 Å². The normalized spacial score (nSPS) is 13.1. The number of nitrogens with one attached hydrogen (secondary N) is 1. The van der Waals surface area contributed by atoms with Crippen LogP contribution in [0.2, 0.25) is 0 Å². The molecule has 1 rings (SSSR count). The van der Waals surface area contributed by atoms with Crippen molar-refractivity contribution in [3.8, 4) is 5.75 Å². The van der Waals surface area contributed by atoms with Gasteiger partial charge < -0.3 is 10.5 Å². The van der Waals surface area contributed by atoms with Crippen LogP contribution in [0.1, 0.15) is 13.3 Å². The Hall–Kier alpha value is -1.27. The van der Waals surface area contributed by atoms with Gasteiger partial charge in [0.1, 0.15) is 5.75 Å². The predicted molar refractivity (Wildman–Crippen MR) is 68.7 cm³/mol. The van der Waals surface area contributed by atoms with Gasteiger partial charge in [-0.1, -0.05) is 6.92 Å². The fraction of sp³-hybridized carbons (Fsp3) is 0.455. The zero-order chi connectivity index (χ0) is 12.9. The Labute approximate surface area is 102 Å². The van der Waals surface area contributed by atoms with Crippen LogP contribution >= 0.6 is 0 Å². The van der Waals surface area contributed by atoms with Crippen molar-refractivity contribution in [3.63, 3.8) is 0 Å². The molecule has 0 aliphatic rings. The van der Waals surface area contributed by atoms with E-state index in [1.807, 2.05) is 0 Å². The first-order valence-corrected chi connectivity index (χ1v) is 6.94. The third-order valence-corrected chi connectivity index (χ3v) is 4.43. The van der Waals surface area contributed by atoms with Crippen LogP contribution in [0.25, 0.3) is 0 Å². The number of rotatable bonds is 6. The SMILES string of the molecule is CCC(CN)S(=O)(=O)Nc1ccc(OC)cc1. The lowest BCUT2D eigenvalue weighted by Crippen LogP contribution is -2.33. The minimum atomic E-state index is -3.41. The molecule has 0 amide bonds. The summed E-state index contributed by atoms with van der Waals surface area (Å²) < 4.78 is 31.3. The molecule has 5 nitrogen and oxygen atoms in total. The molecule has 0 saturated carbocycles. The second kappa shape index (κ2) is 5.88. The van der Waals surface area contributed by atoms with Gasteiger partial charge in [-0.05, 0) is 30.7 Å². The molecule has 0 radical (unpaired) electrons. The van der Waals surface area contributed by atoms with E-state index >= 15 is 0 Å². The summed E-state index contributed by atoms with van der Waals surface area (Å²) in [5, 5.41) is -0.565. The van der Waals surface area contributed by atoms with Gasteiger partial charge in [-0.25, -0.2) is 8.42 Å². The van der Waals surface area contributed by atoms with E-state index in [1.54, 1.807) is 38.3 Å². The van der Waals surface area contributed by atoms with E-state index in [0.717, 1.165) is 0 Å². The van der Waals surface area contributed by atoms with Crippen molar-refractivity contribution in [2.75, 3.05) is 18.4 Å². The van der Waals surface area contributed by atoms with Crippen molar-refractivity contribution in [1.29, 1.82) is 0 Å². The van der Waals surface area contributed by atoms with Crippen LogP contribution in [0.4, 0.5) is 5.69 Å². The number of methoxy groups -OCH3 is 1. The highest BCUT2D eigenvalue weighted by Crippen LogP contribution is 2.17. The van der Waals surface area contributed by atoms with Gasteiger partial charge >= 0.3 is 0 Å². The van der Waals surface area contributed by atoms with Crippen LogP contribution in [0.5, 0.6) is 5.75 Å². The van der Waals surface area contributed by atoms with Crippen LogP contribution < -0.4 is 15.2 Å². The summed E-state index contributed by atoms with van der Waals surface area (Å²) in [6, 6.07) is 6.70. The summed E-state index contributed by atoms with van der Waals surface area (Å²) in [6.45, 7) is 1.91. The molecule has 1 atom stereocenters. The lowest BCUT2D eigenvalue weighted by Gasteiger charge is -2.15. The molecule has 1 aromatic rings. The molecule has 0 heterocycles. The molecule has 1 aromatic carbocycles. The largest absolute Gasteiger partial charge is 0.497 e. The van der Waals surface area contributed by atoms with Crippen LogP contribution in [0.3, 0.4) is 0 Å². The molecular weight excluding hydrogens is 240 g/mol. The van der Waals surface area contributed by atoms with Crippen molar-refractivity contribution in [2.45, 2.75) is 18.6 Å². The topological polar surface area (TPSA) is 81.4 Å². The fourth-order valence-corrected chi connectivity index (χ4v) is 2.74. The molecule has 1 unspecified atom stereocenters. The summed E-state index contributed by atoms with van der Waals surface area (Å²) in [6.07, 6.45) is 0.488. The highest BCUT2D eigenvalue weighted by atomic mass is 32.2. The third-order valence-electron chi connectivity index (χ3n) is 2.51. The third kappa shape index (κ3) is 3.61. The summed E-state index contributed by atoms with van der Waals surface area (Å²) >= 11 is 0. The monoisotopic (exact) mass is 258 g/mol. The van der Waals surface area contributed by atoms with E-state index in [4.69, 9.17) is 10.5 Å². The van der Waals surface area contributed by atoms with E-state index in [1.165, 1.54) is 0 Å². The maximum Gasteiger partial charge on any atom is 0.236 e. The maximum absolute atomic E-state index is 11.9. The zero-order valence-corrected chi connectivity index (χ0v) is 10.8. The van der Waals surface area contributed by atoms with Gasteiger partial charge in [0.2, 0.25) is 10.0 Å². The first kappa shape index (κ1) is 13.8. The van der Waals surface area contributed by atoms with Crippen molar-refractivity contribution < 1.29 is 13.2 Å². The molecule has 0 spiro atoms. The van der Waals surface area contributed by atoms with E-state index in [-0.39, 0.29) is 6.54 Å². The Morgan fingerprint density at radius 1 is 1.35 bits per heavy atom. The average Bonchev–Trinajstić information content (AvgIpc) is 2.30. The number of sulfonamides is 1. The second-order valence-electron chi connectivity index (χ2n) is 3.64. The van der Waals surface area contributed by atoms with E-state index in [2.05, 4.69) is 4.72 Å². The van der Waals surface area contributed by atoms with Gasteiger partial charge in [-0.2, -0.15) is 0 Å². The van der Waals surface area contributed by atoms with Crippen molar-refractivity contribution in [3.05, 3.63) is 24.3 Å². The molecule has 0 aromatic heterocycles. The first-order valence-electron chi connectivity index (χ1n) is 5.39. The smallest absolute Gasteiger partial charge is 0.236 e. The Kier molecular flexibility index (Phi) is 4.77. The molecule has 0 saturated heterocycles. The minimum Gasteiger partial charge on any atom is -0.497 e. The quantitative estimate of drug-likeness (QED) is 0.802. The van der Waals surface area contributed by atoms with Crippen molar-refractivity contribution in [2.24, 2.45) is 5.73 Å². The lowest BCUT2D eigenvalue weighted by atomic mass is 10.3. The van der Waals surface area contributed by atoms with Gasteiger partial charge in [0.15, 0.2) is 0 Å². The summed E-state index contributed by atoms with van der Waals surface area (Å²) in [5.41, 5.74) is 5.94. The van der Waals surface area contributed by atoms with Crippen LogP contribution in [-0.4, -0.2) is 27.3 Å². The number of anilines is 1. The standard InChI is InChI=1S/C11H18N2O3S/c1-3-11(8-12)17(14,15)13-9-4-6-10(16-2)7-5-9/h4-7,11,13H,3,8,12H2,1-2H3. The summed E-state index contributed by atoms with van der Waals surface area (Å²) in [7, 11) is -1.85. The Morgan fingerprint density at radius 3 is 2.35 bits per heavy atom. The van der Waals surface area contributed by atoms with Crippen LogP contribution in [-0.2, 0) is 10.0 Å². The number of ether oxygens (including phenoxy) is 1. The van der Waals surface area contributed by atoms with Crippen LogP contribution in [0, 0.1) is 0 Å². The van der Waals surface area contributed by atoms with Crippen molar-refractivity contribution in [1.82, 2.24) is 0 Å². The zero-order valence-electron chi connectivity index (χ0n) is 10.0. The molecule has 17 heavy (non-hydrogen) atoms. The van der Waals surface area contributed by atoms with E-state index in [9.17, 15) is 8.42 Å². The van der Waals surface area contributed by atoms with E-state index in [0.29, 0.717) is 17.9 Å². The highest BCUT2D eigenvalue weighted by molar-refractivity contribution is 7.93. The Morgan fingerprint density at radius 2 is 1.94 bits per heavy atom. The minimum absolute atomic E-state index is 0.113. The number of nitrogens with two attached hydrogens (primary N) is 1.